The van der Waals surface area contributed by atoms with Crippen LogP contribution >= 0.6 is 47.0 Å². The second-order valence-corrected chi connectivity index (χ2v) is 7.63. The molecule has 4 nitrogen and oxygen atoms in total. The minimum Gasteiger partial charge on any atom is -0.356 e. The SMILES string of the molecule is CC(NC(=S)Nc1nn(Cc2ccc(Cl)c(Cl)c2)cc1Cl)c1ccccc1. The highest BCUT2D eigenvalue weighted by atomic mass is 35.5. The van der Waals surface area contributed by atoms with Crippen LogP contribution in [-0.2, 0) is 6.54 Å². The molecular formula is C19H17Cl3N4S. The Labute approximate surface area is 178 Å². The topological polar surface area (TPSA) is 41.9 Å². The van der Waals surface area contributed by atoms with Gasteiger partial charge in [0.1, 0.15) is 5.02 Å². The summed E-state index contributed by atoms with van der Waals surface area (Å²) in [5.41, 5.74) is 2.10. The fourth-order valence-corrected chi connectivity index (χ4v) is 3.34. The van der Waals surface area contributed by atoms with E-state index >= 15 is 0 Å². The summed E-state index contributed by atoms with van der Waals surface area (Å²) in [4.78, 5) is 0. The third-order valence-corrected chi connectivity index (χ3v) is 5.16. The number of anilines is 1. The highest BCUT2D eigenvalue weighted by molar-refractivity contribution is 7.80. The Balaban J connectivity index is 1.64. The quantitative estimate of drug-likeness (QED) is 0.483. The van der Waals surface area contributed by atoms with E-state index in [1.54, 1.807) is 23.0 Å². The molecule has 0 spiro atoms. The van der Waals surface area contributed by atoms with E-state index in [1.807, 2.05) is 43.3 Å². The van der Waals surface area contributed by atoms with Crippen LogP contribution < -0.4 is 10.6 Å². The molecule has 0 radical (unpaired) electrons. The van der Waals surface area contributed by atoms with Crippen molar-refractivity contribution < 1.29 is 0 Å². The number of benzene rings is 2. The van der Waals surface area contributed by atoms with Gasteiger partial charge in [-0.2, -0.15) is 5.10 Å². The minimum atomic E-state index is 0.0586. The molecule has 2 aromatic carbocycles. The lowest BCUT2D eigenvalue weighted by molar-refractivity contribution is 0.689. The fraction of sp³-hybridized carbons (Fsp3) is 0.158. The van der Waals surface area contributed by atoms with Crippen LogP contribution in [0.15, 0.2) is 54.7 Å². The first-order valence-electron chi connectivity index (χ1n) is 8.21. The first-order chi connectivity index (χ1) is 12.9. The predicted molar refractivity (Wildman–Crippen MR) is 117 cm³/mol. The summed E-state index contributed by atoms with van der Waals surface area (Å²) in [5.74, 6) is 0.495. The molecule has 3 rings (SSSR count). The van der Waals surface area contributed by atoms with Crippen molar-refractivity contribution in [3.8, 4) is 0 Å². The van der Waals surface area contributed by atoms with Crippen molar-refractivity contribution in [3.63, 3.8) is 0 Å². The minimum absolute atomic E-state index is 0.0586. The first kappa shape index (κ1) is 20.0. The number of thiocarbonyl (C=S) groups is 1. The van der Waals surface area contributed by atoms with E-state index in [-0.39, 0.29) is 6.04 Å². The number of halogens is 3. The third-order valence-electron chi connectivity index (χ3n) is 3.92. The van der Waals surface area contributed by atoms with Crippen molar-refractivity contribution in [2.24, 2.45) is 0 Å². The number of hydrogen-bond acceptors (Lipinski definition) is 2. The van der Waals surface area contributed by atoms with Crippen molar-refractivity contribution in [3.05, 3.63) is 80.9 Å². The summed E-state index contributed by atoms with van der Waals surface area (Å²) in [5, 5.41) is 12.7. The van der Waals surface area contributed by atoms with E-state index < -0.39 is 0 Å². The van der Waals surface area contributed by atoms with Crippen LogP contribution in [0.4, 0.5) is 5.82 Å². The Kier molecular flexibility index (Phi) is 6.60. The molecule has 1 aromatic heterocycles. The molecule has 0 aliphatic carbocycles. The van der Waals surface area contributed by atoms with Crippen molar-refractivity contribution >= 4 is 58.0 Å². The maximum Gasteiger partial charge on any atom is 0.173 e. The number of aromatic nitrogens is 2. The van der Waals surface area contributed by atoms with Gasteiger partial charge in [-0.05, 0) is 42.4 Å². The highest BCUT2D eigenvalue weighted by Gasteiger charge is 2.12. The van der Waals surface area contributed by atoms with Gasteiger partial charge in [-0.3, -0.25) is 4.68 Å². The van der Waals surface area contributed by atoms with Crippen LogP contribution in [-0.4, -0.2) is 14.9 Å². The molecule has 140 valence electrons. The predicted octanol–water partition coefficient (Wildman–Crippen LogP) is 5.94. The molecule has 8 heteroatoms. The molecule has 2 N–H and O–H groups in total. The maximum atomic E-state index is 6.28. The highest BCUT2D eigenvalue weighted by Crippen LogP contribution is 2.24. The molecule has 1 atom stereocenters. The van der Waals surface area contributed by atoms with Gasteiger partial charge >= 0.3 is 0 Å². The van der Waals surface area contributed by atoms with Gasteiger partial charge in [-0.25, -0.2) is 0 Å². The summed E-state index contributed by atoms with van der Waals surface area (Å²) in [6, 6.07) is 15.6. The van der Waals surface area contributed by atoms with Crippen molar-refractivity contribution in [1.29, 1.82) is 0 Å². The zero-order valence-corrected chi connectivity index (χ0v) is 17.5. The van der Waals surface area contributed by atoms with Crippen LogP contribution in [0.5, 0.6) is 0 Å². The number of nitrogens with one attached hydrogen (secondary N) is 2. The third kappa shape index (κ3) is 5.36. The second kappa shape index (κ2) is 8.93. The van der Waals surface area contributed by atoms with Gasteiger partial charge in [0.05, 0.1) is 22.6 Å². The van der Waals surface area contributed by atoms with Crippen molar-refractivity contribution in [2.75, 3.05) is 5.32 Å². The van der Waals surface area contributed by atoms with E-state index in [0.29, 0.717) is 32.5 Å². The molecule has 1 unspecified atom stereocenters. The lowest BCUT2D eigenvalue weighted by Gasteiger charge is -2.16. The van der Waals surface area contributed by atoms with E-state index in [0.717, 1.165) is 11.1 Å². The fourth-order valence-electron chi connectivity index (χ4n) is 2.55. The summed E-state index contributed by atoms with van der Waals surface area (Å²) in [7, 11) is 0. The lowest BCUT2D eigenvalue weighted by atomic mass is 10.1. The van der Waals surface area contributed by atoms with Crippen LogP contribution in [0.1, 0.15) is 24.1 Å². The van der Waals surface area contributed by atoms with Crippen molar-refractivity contribution in [2.45, 2.75) is 19.5 Å². The molecular weight excluding hydrogens is 423 g/mol. The average molecular weight is 440 g/mol. The lowest BCUT2D eigenvalue weighted by Crippen LogP contribution is -2.31. The van der Waals surface area contributed by atoms with Gasteiger partial charge < -0.3 is 10.6 Å². The molecule has 3 aromatic rings. The Hall–Kier alpha value is -1.79. The molecule has 0 fully saturated rings. The Morgan fingerprint density at radius 1 is 1.07 bits per heavy atom. The van der Waals surface area contributed by atoms with Crippen LogP contribution in [0, 0.1) is 0 Å². The number of hydrogen-bond donors (Lipinski definition) is 2. The molecule has 0 saturated carbocycles. The number of rotatable bonds is 5. The van der Waals surface area contributed by atoms with Gasteiger partial charge in [0, 0.05) is 6.20 Å². The van der Waals surface area contributed by atoms with Gasteiger partial charge in [-0.15, -0.1) is 0 Å². The molecule has 27 heavy (non-hydrogen) atoms. The average Bonchev–Trinajstić information content (AvgIpc) is 2.97. The number of nitrogens with zero attached hydrogens (tertiary/aromatic N) is 2. The smallest absolute Gasteiger partial charge is 0.173 e. The normalized spacial score (nSPS) is 11.9. The Bertz CT molecular complexity index is 943. The van der Waals surface area contributed by atoms with Crippen LogP contribution in [0.2, 0.25) is 15.1 Å². The first-order valence-corrected chi connectivity index (χ1v) is 9.76. The second-order valence-electron chi connectivity index (χ2n) is 6.00. The van der Waals surface area contributed by atoms with Crippen LogP contribution in [0.25, 0.3) is 0 Å². The van der Waals surface area contributed by atoms with Gasteiger partial charge in [0.15, 0.2) is 10.9 Å². The summed E-state index contributed by atoms with van der Waals surface area (Å²) >= 11 is 23.7. The van der Waals surface area contributed by atoms with E-state index in [4.69, 9.17) is 47.0 Å². The summed E-state index contributed by atoms with van der Waals surface area (Å²) in [6.07, 6.45) is 1.73. The van der Waals surface area contributed by atoms with E-state index in [1.165, 1.54) is 0 Å². The molecule has 0 aliphatic heterocycles. The van der Waals surface area contributed by atoms with Gasteiger partial charge in [-0.1, -0.05) is 71.2 Å². The van der Waals surface area contributed by atoms with Gasteiger partial charge in [0.25, 0.3) is 0 Å². The Morgan fingerprint density at radius 3 is 2.52 bits per heavy atom. The largest absolute Gasteiger partial charge is 0.356 e. The molecule has 0 saturated heterocycles. The molecule has 0 amide bonds. The standard InChI is InChI=1S/C19H17Cl3N4S/c1-12(14-5-3-2-4-6-14)23-19(27)24-18-17(22)11-26(25-18)10-13-7-8-15(20)16(21)9-13/h2-9,11-12H,10H2,1H3,(H2,23,24,25,27). The van der Waals surface area contributed by atoms with E-state index in [2.05, 4.69) is 15.7 Å². The van der Waals surface area contributed by atoms with Crippen molar-refractivity contribution in [1.82, 2.24) is 15.1 Å². The zero-order chi connectivity index (χ0) is 19.4. The van der Waals surface area contributed by atoms with Gasteiger partial charge in [0.2, 0.25) is 0 Å². The monoisotopic (exact) mass is 438 g/mol. The molecule has 1 heterocycles. The zero-order valence-electron chi connectivity index (χ0n) is 14.4. The van der Waals surface area contributed by atoms with Crippen LogP contribution in [0.3, 0.4) is 0 Å². The maximum absolute atomic E-state index is 6.28. The summed E-state index contributed by atoms with van der Waals surface area (Å²) < 4.78 is 1.72. The summed E-state index contributed by atoms with van der Waals surface area (Å²) in [6.45, 7) is 2.55. The molecule has 0 aliphatic rings. The Morgan fingerprint density at radius 2 is 1.81 bits per heavy atom. The molecule has 0 bridgehead atoms. The van der Waals surface area contributed by atoms with E-state index in [9.17, 15) is 0 Å².